The van der Waals surface area contributed by atoms with Crippen LogP contribution >= 0.6 is 0 Å². The molecular weight excluding hydrogens is 342 g/mol. The van der Waals surface area contributed by atoms with Crippen LogP contribution in [0, 0.1) is 5.92 Å². The van der Waals surface area contributed by atoms with Gasteiger partial charge in [-0.05, 0) is 39.2 Å². The van der Waals surface area contributed by atoms with Gasteiger partial charge in [-0.2, -0.15) is 0 Å². The second-order valence-electron chi connectivity index (χ2n) is 7.68. The zero-order chi connectivity index (χ0) is 21.5. The lowest BCUT2D eigenvalue weighted by molar-refractivity contribution is -0.147. The van der Waals surface area contributed by atoms with Crippen LogP contribution in [0.25, 0.3) is 0 Å². The lowest BCUT2D eigenvalue weighted by atomic mass is 10.1. The zero-order valence-corrected chi connectivity index (χ0v) is 18.4. The summed E-state index contributed by atoms with van der Waals surface area (Å²) in [5.74, 6) is 0.753. The Labute approximate surface area is 165 Å². The van der Waals surface area contributed by atoms with Crippen LogP contribution in [-0.4, -0.2) is 23.8 Å². The van der Waals surface area contributed by atoms with Crippen LogP contribution in [-0.2, 0) is 20.7 Å². The van der Waals surface area contributed by atoms with Crippen molar-refractivity contribution in [1.82, 2.24) is 0 Å². The first-order valence-corrected chi connectivity index (χ1v) is 9.63. The van der Waals surface area contributed by atoms with Crippen LogP contribution < -0.4 is 5.73 Å². The molecule has 5 heteroatoms. The average molecular weight is 382 g/mol. The van der Waals surface area contributed by atoms with Gasteiger partial charge < -0.3 is 15.2 Å². The quantitative estimate of drug-likeness (QED) is 0.683. The molecule has 0 fully saturated rings. The number of ether oxygens (including phenoxy) is 2. The summed E-state index contributed by atoms with van der Waals surface area (Å²) in [5.41, 5.74) is 5.46. The Bertz CT molecular complexity index is 507. The van der Waals surface area contributed by atoms with Crippen molar-refractivity contribution in [3.05, 3.63) is 35.9 Å². The maximum atomic E-state index is 11.0. The first kappa shape index (κ1) is 27.2. The SMILES string of the molecule is CC(C)(C)OC(N)=O.CCC(=O)O[C@@H](C)Cc1ccccc1.CCC(C)C. The highest BCUT2D eigenvalue weighted by Crippen LogP contribution is 2.06. The van der Waals surface area contributed by atoms with Crippen molar-refractivity contribution in [3.63, 3.8) is 0 Å². The Hall–Kier alpha value is -2.04. The maximum Gasteiger partial charge on any atom is 0.405 e. The number of carbonyl (C=O) groups excluding carboxylic acids is 2. The van der Waals surface area contributed by atoms with Gasteiger partial charge in [0.25, 0.3) is 0 Å². The van der Waals surface area contributed by atoms with Gasteiger partial charge in [-0.1, -0.05) is 64.4 Å². The van der Waals surface area contributed by atoms with Crippen molar-refractivity contribution < 1.29 is 19.1 Å². The largest absolute Gasteiger partial charge is 0.462 e. The fourth-order valence-electron chi connectivity index (χ4n) is 1.60. The highest BCUT2D eigenvalue weighted by atomic mass is 16.6. The smallest absolute Gasteiger partial charge is 0.405 e. The predicted molar refractivity (Wildman–Crippen MR) is 112 cm³/mol. The monoisotopic (exact) mass is 381 g/mol. The van der Waals surface area contributed by atoms with Crippen molar-refractivity contribution in [2.45, 2.75) is 86.4 Å². The van der Waals surface area contributed by atoms with Crippen LogP contribution in [0.4, 0.5) is 4.79 Å². The molecule has 0 heterocycles. The molecule has 156 valence electrons. The summed E-state index contributed by atoms with van der Waals surface area (Å²) >= 11 is 0. The van der Waals surface area contributed by atoms with Crippen molar-refractivity contribution >= 4 is 12.1 Å². The molecule has 0 aliphatic rings. The van der Waals surface area contributed by atoms with Gasteiger partial charge in [0.15, 0.2) is 0 Å². The summed E-state index contributed by atoms with van der Waals surface area (Å²) < 4.78 is 9.74. The molecule has 0 saturated carbocycles. The van der Waals surface area contributed by atoms with Crippen molar-refractivity contribution in [1.29, 1.82) is 0 Å². The van der Waals surface area contributed by atoms with E-state index in [2.05, 4.69) is 25.5 Å². The van der Waals surface area contributed by atoms with Crippen LogP contribution in [0.5, 0.6) is 0 Å². The first-order valence-electron chi connectivity index (χ1n) is 9.63. The Morgan fingerprint density at radius 3 is 1.81 bits per heavy atom. The third kappa shape index (κ3) is 21.9. The number of hydrogen-bond donors (Lipinski definition) is 1. The van der Waals surface area contributed by atoms with Crippen molar-refractivity contribution in [2.24, 2.45) is 11.7 Å². The highest BCUT2D eigenvalue weighted by Gasteiger charge is 2.12. The Morgan fingerprint density at radius 2 is 1.52 bits per heavy atom. The summed E-state index contributed by atoms with van der Waals surface area (Å²) in [4.78, 5) is 21.0. The van der Waals surface area contributed by atoms with E-state index < -0.39 is 11.7 Å². The standard InChI is InChI=1S/C12H16O2.C5H11NO2.C5H12/c1-3-12(13)14-10(2)9-11-7-5-4-6-8-11;1-5(2,3)8-4(6)7;1-4-5(2)3/h4-8,10H,3,9H2,1-2H3;1-3H3,(H2,6,7);5H,4H2,1-3H3/t10-;;/m0../s1. The normalized spacial score (nSPS) is 11.3. The Kier molecular flexibility index (Phi) is 15.2. The fourth-order valence-corrected chi connectivity index (χ4v) is 1.60. The molecular formula is C22H39NO4. The number of primary amides is 1. The number of nitrogens with two attached hydrogens (primary N) is 1. The Morgan fingerprint density at radius 1 is 1.04 bits per heavy atom. The summed E-state index contributed by atoms with van der Waals surface area (Å²) in [6.45, 7) is 15.6. The fraction of sp³-hybridized carbons (Fsp3) is 0.636. The maximum absolute atomic E-state index is 11.0. The number of carbonyl (C=O) groups is 2. The van der Waals surface area contributed by atoms with E-state index in [-0.39, 0.29) is 12.1 Å². The van der Waals surface area contributed by atoms with E-state index in [1.165, 1.54) is 12.0 Å². The van der Waals surface area contributed by atoms with Crippen LogP contribution in [0.3, 0.4) is 0 Å². The van der Waals surface area contributed by atoms with Gasteiger partial charge in [-0.25, -0.2) is 4.79 Å². The summed E-state index contributed by atoms with van der Waals surface area (Å²) in [6, 6.07) is 10.0. The lowest BCUT2D eigenvalue weighted by Gasteiger charge is -2.16. The third-order valence-electron chi connectivity index (χ3n) is 3.21. The van der Waals surface area contributed by atoms with Gasteiger partial charge >= 0.3 is 12.1 Å². The molecule has 1 aromatic carbocycles. The number of amides is 1. The van der Waals surface area contributed by atoms with Gasteiger partial charge in [0.05, 0.1) is 0 Å². The molecule has 1 aromatic rings. The Balaban J connectivity index is 0. The number of benzene rings is 1. The summed E-state index contributed by atoms with van der Waals surface area (Å²) in [6.07, 6.45) is 1.77. The molecule has 1 rings (SSSR count). The minimum absolute atomic E-state index is 0.0372. The molecule has 0 unspecified atom stereocenters. The number of hydrogen-bond acceptors (Lipinski definition) is 4. The molecule has 0 saturated heterocycles. The molecule has 2 N–H and O–H groups in total. The van der Waals surface area contributed by atoms with Crippen LogP contribution in [0.1, 0.15) is 73.8 Å². The topological polar surface area (TPSA) is 78.6 Å². The van der Waals surface area contributed by atoms with E-state index >= 15 is 0 Å². The zero-order valence-electron chi connectivity index (χ0n) is 18.4. The van der Waals surface area contributed by atoms with Gasteiger partial charge in [0.1, 0.15) is 11.7 Å². The van der Waals surface area contributed by atoms with E-state index in [1.54, 1.807) is 27.7 Å². The molecule has 0 aliphatic heterocycles. The molecule has 5 nitrogen and oxygen atoms in total. The van der Waals surface area contributed by atoms with E-state index in [0.717, 1.165) is 12.3 Å². The van der Waals surface area contributed by atoms with E-state index in [4.69, 9.17) is 10.5 Å². The molecule has 27 heavy (non-hydrogen) atoms. The minimum Gasteiger partial charge on any atom is -0.462 e. The van der Waals surface area contributed by atoms with Gasteiger partial charge in [0.2, 0.25) is 0 Å². The second kappa shape index (κ2) is 15.1. The molecule has 0 aromatic heterocycles. The number of esters is 1. The number of rotatable bonds is 5. The first-order chi connectivity index (χ1) is 12.4. The third-order valence-corrected chi connectivity index (χ3v) is 3.21. The summed E-state index contributed by atoms with van der Waals surface area (Å²) in [5, 5.41) is 0. The van der Waals surface area contributed by atoms with Crippen molar-refractivity contribution in [3.8, 4) is 0 Å². The molecule has 0 spiro atoms. The van der Waals surface area contributed by atoms with E-state index in [0.29, 0.717) is 6.42 Å². The molecule has 1 amide bonds. The van der Waals surface area contributed by atoms with Gasteiger partial charge in [-0.15, -0.1) is 0 Å². The van der Waals surface area contributed by atoms with Gasteiger partial charge in [-0.3, -0.25) is 4.79 Å². The van der Waals surface area contributed by atoms with E-state index in [9.17, 15) is 9.59 Å². The summed E-state index contributed by atoms with van der Waals surface area (Å²) in [7, 11) is 0. The van der Waals surface area contributed by atoms with Crippen molar-refractivity contribution in [2.75, 3.05) is 0 Å². The lowest BCUT2D eigenvalue weighted by Crippen LogP contribution is -2.27. The molecule has 0 radical (unpaired) electrons. The highest BCUT2D eigenvalue weighted by molar-refractivity contribution is 5.69. The van der Waals surface area contributed by atoms with E-state index in [1.807, 2.05) is 37.3 Å². The molecule has 1 atom stereocenters. The van der Waals surface area contributed by atoms with Crippen LogP contribution in [0.15, 0.2) is 30.3 Å². The molecule has 0 aliphatic carbocycles. The van der Waals surface area contributed by atoms with Crippen LogP contribution in [0.2, 0.25) is 0 Å². The second-order valence-corrected chi connectivity index (χ2v) is 7.68. The average Bonchev–Trinajstić information content (AvgIpc) is 2.54. The predicted octanol–water partition coefficient (Wildman–Crippen LogP) is 5.50. The molecule has 0 bridgehead atoms. The minimum atomic E-state index is -0.725. The van der Waals surface area contributed by atoms with Gasteiger partial charge in [0, 0.05) is 12.8 Å².